The number of amides is 1. The van der Waals surface area contributed by atoms with Crippen molar-refractivity contribution in [3.05, 3.63) is 34.7 Å². The van der Waals surface area contributed by atoms with Crippen LogP contribution in [0.1, 0.15) is 26.3 Å². The molecule has 2 heterocycles. The number of pyridine rings is 1. The Morgan fingerprint density at radius 3 is 2.60 bits per heavy atom. The van der Waals surface area contributed by atoms with Crippen LogP contribution in [0.5, 0.6) is 0 Å². The Balaban J connectivity index is 2.42. The summed E-state index contributed by atoms with van der Waals surface area (Å²) in [6.45, 7) is 6.17. The molecule has 1 aliphatic rings. The number of anilines is 1. The lowest BCUT2D eigenvalue weighted by atomic mass is 9.88. The van der Waals surface area contributed by atoms with Gasteiger partial charge in [-0.15, -0.1) is 0 Å². The molecule has 1 aliphatic heterocycles. The maximum Gasteiger partial charge on any atom is 0.298 e. The normalized spacial score (nSPS) is 19.8. The van der Waals surface area contributed by atoms with Gasteiger partial charge in [0.15, 0.2) is 6.23 Å². The van der Waals surface area contributed by atoms with Crippen LogP contribution in [0.4, 0.5) is 5.82 Å². The number of aliphatic hydroxyl groups excluding tert-OH is 1. The summed E-state index contributed by atoms with van der Waals surface area (Å²) in [5.74, 6) is -0.203. The zero-order chi connectivity index (χ0) is 15.1. The van der Waals surface area contributed by atoms with Gasteiger partial charge < -0.3 is 9.84 Å². The maximum absolute atomic E-state index is 12.2. The summed E-state index contributed by atoms with van der Waals surface area (Å²) in [4.78, 5) is 17.4. The molecule has 20 heavy (non-hydrogen) atoms. The molecule has 1 atom stereocenters. The molecule has 0 bridgehead atoms. The molecule has 5 nitrogen and oxygen atoms in total. The highest BCUT2D eigenvalue weighted by molar-refractivity contribution is 6.35. The zero-order valence-electron chi connectivity index (χ0n) is 11.8. The van der Waals surface area contributed by atoms with Gasteiger partial charge in [0.2, 0.25) is 5.76 Å². The number of hydrogen-bond acceptors (Lipinski definition) is 4. The summed E-state index contributed by atoms with van der Waals surface area (Å²) in [6, 6.07) is 3.65. The van der Waals surface area contributed by atoms with Crippen molar-refractivity contribution in [2.75, 3.05) is 12.0 Å². The van der Waals surface area contributed by atoms with Crippen molar-refractivity contribution < 1.29 is 14.6 Å². The molecule has 1 aromatic heterocycles. The topological polar surface area (TPSA) is 62.7 Å². The molecule has 6 heteroatoms. The van der Waals surface area contributed by atoms with Crippen LogP contribution in [-0.4, -0.2) is 29.3 Å². The number of halogens is 1. The van der Waals surface area contributed by atoms with Gasteiger partial charge >= 0.3 is 0 Å². The van der Waals surface area contributed by atoms with Crippen molar-refractivity contribution in [2.45, 2.75) is 32.4 Å². The van der Waals surface area contributed by atoms with Crippen molar-refractivity contribution in [1.82, 2.24) is 4.98 Å². The molecule has 0 saturated heterocycles. The second-order valence-electron chi connectivity index (χ2n) is 5.58. The van der Waals surface area contributed by atoms with Crippen LogP contribution in [0.2, 0.25) is 0 Å². The summed E-state index contributed by atoms with van der Waals surface area (Å²) in [5, 5.41) is 10.0. The molecular weight excluding hydrogens is 280 g/mol. The molecule has 0 aliphatic carbocycles. The molecule has 1 amide bonds. The summed E-state index contributed by atoms with van der Waals surface area (Å²) in [7, 11) is 1.34. The minimum Gasteiger partial charge on any atom is -0.490 e. The van der Waals surface area contributed by atoms with Gasteiger partial charge in [-0.1, -0.05) is 32.4 Å². The Morgan fingerprint density at radius 2 is 2.10 bits per heavy atom. The van der Waals surface area contributed by atoms with Gasteiger partial charge in [-0.3, -0.25) is 9.69 Å². The number of rotatable bonds is 2. The molecule has 1 aromatic rings. The van der Waals surface area contributed by atoms with E-state index in [2.05, 4.69) is 25.8 Å². The van der Waals surface area contributed by atoms with Crippen LogP contribution in [0.25, 0.3) is 0 Å². The average molecular weight is 297 g/mol. The Hall–Kier alpha value is -1.59. The quantitative estimate of drug-likeness (QED) is 0.908. The molecule has 1 N–H and O–H groups in total. The van der Waals surface area contributed by atoms with Crippen LogP contribution >= 0.6 is 11.6 Å². The van der Waals surface area contributed by atoms with Gasteiger partial charge in [-0.05, 0) is 23.1 Å². The predicted octanol–water partition coefficient (Wildman–Crippen LogP) is 2.14. The second-order valence-corrected chi connectivity index (χ2v) is 5.99. The van der Waals surface area contributed by atoms with Gasteiger partial charge in [0.05, 0.1) is 7.11 Å². The smallest absolute Gasteiger partial charge is 0.298 e. The molecule has 0 fully saturated rings. The van der Waals surface area contributed by atoms with E-state index in [1.807, 2.05) is 6.07 Å². The maximum atomic E-state index is 12.2. The van der Waals surface area contributed by atoms with Gasteiger partial charge in [0.25, 0.3) is 5.91 Å². The summed E-state index contributed by atoms with van der Waals surface area (Å²) < 4.78 is 4.92. The highest BCUT2D eigenvalue weighted by atomic mass is 35.5. The van der Waals surface area contributed by atoms with Gasteiger partial charge in [-0.2, -0.15) is 0 Å². The third-order valence-corrected chi connectivity index (χ3v) is 3.53. The van der Waals surface area contributed by atoms with E-state index in [0.717, 1.165) is 10.5 Å². The van der Waals surface area contributed by atoms with E-state index in [0.29, 0.717) is 5.82 Å². The minimum atomic E-state index is -1.26. The first-order chi connectivity index (χ1) is 9.27. The van der Waals surface area contributed by atoms with Gasteiger partial charge in [0.1, 0.15) is 10.9 Å². The summed E-state index contributed by atoms with van der Waals surface area (Å²) in [6.07, 6.45) is 0.344. The highest BCUT2D eigenvalue weighted by Gasteiger charge is 2.40. The van der Waals surface area contributed by atoms with E-state index in [1.54, 1.807) is 12.3 Å². The van der Waals surface area contributed by atoms with E-state index >= 15 is 0 Å². The van der Waals surface area contributed by atoms with E-state index in [9.17, 15) is 9.90 Å². The molecule has 108 valence electrons. The third kappa shape index (κ3) is 2.39. The number of aromatic nitrogens is 1. The predicted molar refractivity (Wildman–Crippen MR) is 76.3 cm³/mol. The van der Waals surface area contributed by atoms with E-state index in [1.165, 1.54) is 7.11 Å². The monoisotopic (exact) mass is 296 g/mol. The number of hydrogen-bond donors (Lipinski definition) is 1. The highest BCUT2D eigenvalue weighted by Crippen LogP contribution is 2.33. The number of nitrogens with zero attached hydrogens (tertiary/aromatic N) is 2. The van der Waals surface area contributed by atoms with Crippen molar-refractivity contribution in [3.8, 4) is 0 Å². The first-order valence-corrected chi connectivity index (χ1v) is 6.57. The first-order valence-electron chi connectivity index (χ1n) is 6.19. The molecule has 0 radical (unpaired) electrons. The fourth-order valence-corrected chi connectivity index (χ4v) is 2.24. The third-order valence-electron chi connectivity index (χ3n) is 3.16. The fraction of sp³-hybridized carbons (Fsp3) is 0.429. The summed E-state index contributed by atoms with van der Waals surface area (Å²) >= 11 is 5.91. The first kappa shape index (κ1) is 14.8. The van der Waals surface area contributed by atoms with Crippen LogP contribution < -0.4 is 4.90 Å². The van der Waals surface area contributed by atoms with Crippen LogP contribution in [-0.2, 0) is 14.9 Å². The Bertz CT molecular complexity index is 578. The lowest BCUT2D eigenvalue weighted by Crippen LogP contribution is -2.36. The Morgan fingerprint density at radius 1 is 1.45 bits per heavy atom. The van der Waals surface area contributed by atoms with E-state index in [4.69, 9.17) is 16.3 Å². The number of ether oxygens (including phenoxy) is 1. The lowest BCUT2D eigenvalue weighted by Gasteiger charge is -2.23. The SMILES string of the molecule is COC1=C(Cl)C(O)N(c2cc(C(C)(C)C)ccn2)C1=O. The molecule has 2 rings (SSSR count). The fourth-order valence-electron chi connectivity index (χ4n) is 1.98. The largest absolute Gasteiger partial charge is 0.490 e. The van der Waals surface area contributed by atoms with Gasteiger partial charge in [-0.25, -0.2) is 4.98 Å². The molecule has 0 saturated carbocycles. The number of carbonyl (C=O) groups is 1. The second kappa shape index (κ2) is 5.07. The van der Waals surface area contributed by atoms with Gasteiger partial charge in [0, 0.05) is 6.20 Å². The minimum absolute atomic E-state index is 0.0274. The van der Waals surface area contributed by atoms with E-state index < -0.39 is 12.1 Å². The number of methoxy groups -OCH3 is 1. The lowest BCUT2D eigenvalue weighted by molar-refractivity contribution is -0.118. The molecule has 0 spiro atoms. The zero-order valence-corrected chi connectivity index (χ0v) is 12.6. The standard InChI is InChI=1S/C14H17ClN2O3/c1-14(2,3)8-5-6-16-9(7-8)17-12(18)10(15)11(20-4)13(17)19/h5-7,12,18H,1-4H3. The van der Waals surface area contributed by atoms with Crippen molar-refractivity contribution in [2.24, 2.45) is 0 Å². The molecule has 1 unspecified atom stereocenters. The average Bonchev–Trinajstić information content (AvgIpc) is 2.59. The number of aliphatic hydroxyl groups is 1. The summed E-state index contributed by atoms with van der Waals surface area (Å²) in [5.41, 5.74) is 0.914. The molecular formula is C14H17ClN2O3. The van der Waals surface area contributed by atoms with Crippen molar-refractivity contribution >= 4 is 23.3 Å². The Kier molecular flexibility index (Phi) is 3.75. The van der Waals surface area contributed by atoms with Crippen LogP contribution in [0.3, 0.4) is 0 Å². The van der Waals surface area contributed by atoms with Crippen molar-refractivity contribution in [3.63, 3.8) is 0 Å². The van der Waals surface area contributed by atoms with Crippen molar-refractivity contribution in [1.29, 1.82) is 0 Å². The van der Waals surface area contributed by atoms with E-state index in [-0.39, 0.29) is 16.2 Å². The van der Waals surface area contributed by atoms with Crippen LogP contribution in [0.15, 0.2) is 29.1 Å². The molecule has 0 aromatic carbocycles. The van der Waals surface area contributed by atoms with Crippen LogP contribution in [0, 0.1) is 0 Å². The number of carbonyl (C=O) groups excluding carboxylic acids is 1. The Labute approximate surface area is 122 Å².